The van der Waals surface area contributed by atoms with Crippen LogP contribution in [0.1, 0.15) is 44.9 Å². The van der Waals surface area contributed by atoms with Crippen LogP contribution in [-0.2, 0) is 6.42 Å². The van der Waals surface area contributed by atoms with Gasteiger partial charge >= 0.3 is 6.09 Å². The molecule has 3 rings (SSSR count). The van der Waals surface area contributed by atoms with Gasteiger partial charge in [0.15, 0.2) is 0 Å². The Morgan fingerprint density at radius 2 is 2.04 bits per heavy atom. The van der Waals surface area contributed by atoms with E-state index in [1.54, 1.807) is 0 Å². The first-order valence-corrected chi connectivity index (χ1v) is 8.76. The van der Waals surface area contributed by atoms with Gasteiger partial charge in [-0.05, 0) is 66.6 Å². The average molecular weight is 357 g/mol. The minimum absolute atomic E-state index is 0.0405. The second-order valence-corrected chi connectivity index (χ2v) is 7.77. The van der Waals surface area contributed by atoms with E-state index in [2.05, 4.69) is 5.32 Å². The van der Waals surface area contributed by atoms with Crippen molar-refractivity contribution in [2.24, 2.45) is 5.41 Å². The number of halogens is 1. The number of hydrogen-bond donors (Lipinski definition) is 2. The lowest BCUT2D eigenvalue weighted by Gasteiger charge is -2.27. The smallest absolute Gasteiger partial charge is 0.405 e. The summed E-state index contributed by atoms with van der Waals surface area (Å²) in [6.07, 6.45) is -0.374. The molecule has 0 saturated carbocycles. The Morgan fingerprint density at radius 3 is 2.69 bits per heavy atom. The van der Waals surface area contributed by atoms with Crippen molar-refractivity contribution < 1.29 is 19.0 Å². The standard InChI is InChI=1S/C21H24FNO3/c1-12(2)26-15-7-5-6-13(8-15)16-9-14-11-21(3,4)19(23-20(24)25)17(14)10-18(16)22/h5-10,12,19,23H,11H2,1-4H3,(H,24,25). The predicted molar refractivity (Wildman–Crippen MR) is 99.0 cm³/mol. The van der Waals surface area contributed by atoms with Crippen LogP contribution in [0.4, 0.5) is 9.18 Å². The maximum absolute atomic E-state index is 14.9. The topological polar surface area (TPSA) is 58.6 Å². The van der Waals surface area contributed by atoms with E-state index in [0.717, 1.165) is 11.1 Å². The van der Waals surface area contributed by atoms with E-state index in [1.807, 2.05) is 58.0 Å². The summed E-state index contributed by atoms with van der Waals surface area (Å²) in [7, 11) is 0. The zero-order valence-electron chi connectivity index (χ0n) is 15.5. The van der Waals surface area contributed by atoms with Crippen molar-refractivity contribution in [2.75, 3.05) is 0 Å². The van der Waals surface area contributed by atoms with E-state index in [0.29, 0.717) is 23.3 Å². The van der Waals surface area contributed by atoms with Crippen LogP contribution >= 0.6 is 0 Å². The van der Waals surface area contributed by atoms with Gasteiger partial charge < -0.3 is 15.2 Å². The molecule has 0 bridgehead atoms. The van der Waals surface area contributed by atoms with Crippen LogP contribution in [0.25, 0.3) is 11.1 Å². The van der Waals surface area contributed by atoms with Crippen LogP contribution in [0.5, 0.6) is 5.75 Å². The molecule has 1 unspecified atom stereocenters. The van der Waals surface area contributed by atoms with E-state index in [9.17, 15) is 9.18 Å². The van der Waals surface area contributed by atoms with Crippen molar-refractivity contribution in [1.82, 2.24) is 5.32 Å². The summed E-state index contributed by atoms with van der Waals surface area (Å²) in [6, 6.07) is 10.3. The van der Waals surface area contributed by atoms with Gasteiger partial charge in [0, 0.05) is 5.56 Å². The number of amides is 1. The SMILES string of the molecule is CC(C)Oc1cccc(-c2cc3c(cc2F)C(NC(=O)O)C(C)(C)C3)c1. The van der Waals surface area contributed by atoms with Crippen LogP contribution in [-0.4, -0.2) is 17.3 Å². The third-order valence-electron chi connectivity index (χ3n) is 4.75. The molecular weight excluding hydrogens is 333 g/mol. The lowest BCUT2D eigenvalue weighted by atomic mass is 9.85. The molecule has 0 heterocycles. The van der Waals surface area contributed by atoms with Crippen LogP contribution in [0.2, 0.25) is 0 Å². The zero-order chi connectivity index (χ0) is 19.1. The minimum atomic E-state index is -1.10. The molecule has 1 aliphatic rings. The van der Waals surface area contributed by atoms with Crippen LogP contribution < -0.4 is 10.1 Å². The van der Waals surface area contributed by atoms with E-state index >= 15 is 0 Å². The lowest BCUT2D eigenvalue weighted by molar-refractivity contribution is 0.175. The second kappa shape index (κ2) is 6.63. The first-order valence-electron chi connectivity index (χ1n) is 8.76. The minimum Gasteiger partial charge on any atom is -0.491 e. The summed E-state index contributed by atoms with van der Waals surface area (Å²) >= 11 is 0. The molecule has 4 nitrogen and oxygen atoms in total. The molecule has 0 spiro atoms. The molecule has 0 saturated heterocycles. The van der Waals surface area contributed by atoms with E-state index < -0.39 is 12.1 Å². The molecule has 0 aliphatic heterocycles. The fourth-order valence-corrected chi connectivity index (χ4v) is 3.70. The number of fused-ring (bicyclic) bond motifs is 1. The van der Waals surface area contributed by atoms with E-state index in [1.165, 1.54) is 6.07 Å². The van der Waals surface area contributed by atoms with Gasteiger partial charge in [0.2, 0.25) is 0 Å². The maximum Gasteiger partial charge on any atom is 0.405 e. The Hall–Kier alpha value is -2.56. The fraction of sp³-hybridized carbons (Fsp3) is 0.381. The van der Waals surface area contributed by atoms with Gasteiger partial charge in [-0.1, -0.05) is 26.0 Å². The van der Waals surface area contributed by atoms with Crippen molar-refractivity contribution in [3.05, 3.63) is 53.3 Å². The van der Waals surface area contributed by atoms with Crippen LogP contribution in [0, 0.1) is 11.2 Å². The summed E-state index contributed by atoms with van der Waals surface area (Å²) < 4.78 is 20.6. The summed E-state index contributed by atoms with van der Waals surface area (Å²) in [4.78, 5) is 11.1. The second-order valence-electron chi connectivity index (χ2n) is 7.77. The molecule has 1 amide bonds. The van der Waals surface area contributed by atoms with Gasteiger partial charge in [-0.15, -0.1) is 0 Å². The van der Waals surface area contributed by atoms with Crippen molar-refractivity contribution >= 4 is 6.09 Å². The Morgan fingerprint density at radius 1 is 1.31 bits per heavy atom. The van der Waals surface area contributed by atoms with E-state index in [4.69, 9.17) is 9.84 Å². The third-order valence-corrected chi connectivity index (χ3v) is 4.75. The first-order chi connectivity index (χ1) is 12.2. The van der Waals surface area contributed by atoms with Crippen LogP contribution in [0.3, 0.4) is 0 Å². The molecule has 0 fully saturated rings. The molecule has 2 aromatic carbocycles. The van der Waals surface area contributed by atoms with Crippen molar-refractivity contribution in [3.63, 3.8) is 0 Å². The van der Waals surface area contributed by atoms with E-state index in [-0.39, 0.29) is 17.3 Å². The molecule has 0 radical (unpaired) electrons. The highest BCUT2D eigenvalue weighted by atomic mass is 19.1. The number of rotatable bonds is 4. The van der Waals surface area contributed by atoms with Gasteiger partial charge in [0.1, 0.15) is 11.6 Å². The van der Waals surface area contributed by atoms with Crippen molar-refractivity contribution in [3.8, 4) is 16.9 Å². The van der Waals surface area contributed by atoms with Crippen molar-refractivity contribution in [1.29, 1.82) is 0 Å². The van der Waals surface area contributed by atoms with Gasteiger partial charge in [-0.25, -0.2) is 9.18 Å². The highest BCUT2D eigenvalue weighted by Crippen LogP contribution is 2.46. The molecule has 138 valence electrons. The zero-order valence-corrected chi connectivity index (χ0v) is 15.5. The highest BCUT2D eigenvalue weighted by Gasteiger charge is 2.40. The predicted octanol–water partition coefficient (Wildman–Crippen LogP) is 5.17. The monoisotopic (exact) mass is 357 g/mol. The molecular formula is C21H24FNO3. The Labute approximate surface area is 153 Å². The van der Waals surface area contributed by atoms with Gasteiger partial charge in [0.05, 0.1) is 12.1 Å². The largest absolute Gasteiger partial charge is 0.491 e. The normalized spacial score (nSPS) is 17.8. The molecule has 1 aliphatic carbocycles. The quantitative estimate of drug-likeness (QED) is 0.793. The number of ether oxygens (including phenoxy) is 1. The Bertz CT molecular complexity index is 845. The molecule has 5 heteroatoms. The Balaban J connectivity index is 2.02. The highest BCUT2D eigenvalue weighted by molar-refractivity contribution is 5.69. The molecule has 2 N–H and O–H groups in total. The number of hydrogen-bond acceptors (Lipinski definition) is 2. The molecule has 2 aromatic rings. The third kappa shape index (κ3) is 3.52. The van der Waals surface area contributed by atoms with Gasteiger partial charge in [0.25, 0.3) is 0 Å². The van der Waals surface area contributed by atoms with Crippen LogP contribution in [0.15, 0.2) is 36.4 Å². The van der Waals surface area contributed by atoms with Crippen molar-refractivity contribution in [2.45, 2.75) is 46.3 Å². The van der Waals surface area contributed by atoms with Gasteiger partial charge in [-0.2, -0.15) is 0 Å². The fourth-order valence-electron chi connectivity index (χ4n) is 3.70. The number of nitrogens with one attached hydrogen (secondary N) is 1. The average Bonchev–Trinajstić information content (AvgIpc) is 2.76. The molecule has 1 atom stereocenters. The first kappa shape index (κ1) is 18.2. The Kier molecular flexibility index (Phi) is 4.65. The summed E-state index contributed by atoms with van der Waals surface area (Å²) in [6.45, 7) is 7.87. The summed E-state index contributed by atoms with van der Waals surface area (Å²) in [5, 5.41) is 11.7. The summed E-state index contributed by atoms with van der Waals surface area (Å²) in [5.74, 6) is 0.337. The summed E-state index contributed by atoms with van der Waals surface area (Å²) in [5.41, 5.74) is 2.63. The number of carboxylic acid groups (broad SMARTS) is 1. The molecule has 0 aromatic heterocycles. The molecule has 26 heavy (non-hydrogen) atoms. The lowest BCUT2D eigenvalue weighted by Crippen LogP contribution is -2.34. The maximum atomic E-state index is 14.9. The number of benzene rings is 2. The number of carbonyl (C=O) groups is 1. The van der Waals surface area contributed by atoms with Gasteiger partial charge in [-0.3, -0.25) is 0 Å².